The molecule has 1 aliphatic rings. The van der Waals surface area contributed by atoms with E-state index in [4.69, 9.17) is 0 Å². The second kappa shape index (κ2) is 9.51. The van der Waals surface area contributed by atoms with E-state index < -0.39 is 10.0 Å². The minimum atomic E-state index is -3.13. The Hall–Kier alpha value is -0.950. The maximum atomic E-state index is 12.0. The zero-order valence-electron chi connectivity index (χ0n) is 14.9. The van der Waals surface area contributed by atoms with Gasteiger partial charge in [0, 0.05) is 45.3 Å². The fourth-order valence-corrected chi connectivity index (χ4v) is 4.57. The summed E-state index contributed by atoms with van der Waals surface area (Å²) in [4.78, 5) is 4.82. The lowest BCUT2D eigenvalue weighted by molar-refractivity contribution is 0.122. The molecule has 0 spiro atoms. The summed E-state index contributed by atoms with van der Waals surface area (Å²) in [6, 6.07) is 10.5. The summed E-state index contributed by atoms with van der Waals surface area (Å²) in [5.41, 5.74) is 1.35. The van der Waals surface area contributed by atoms with Crippen molar-refractivity contribution in [3.05, 3.63) is 35.9 Å². The van der Waals surface area contributed by atoms with Crippen LogP contribution in [0.1, 0.15) is 32.3 Å². The molecule has 1 N–H and O–H groups in total. The van der Waals surface area contributed by atoms with Crippen molar-refractivity contribution in [3.63, 3.8) is 0 Å². The Kier molecular flexibility index (Phi) is 7.68. The van der Waals surface area contributed by atoms with E-state index in [9.17, 15) is 8.42 Å². The van der Waals surface area contributed by atoms with E-state index in [-0.39, 0.29) is 11.8 Å². The summed E-state index contributed by atoms with van der Waals surface area (Å²) in [6.45, 7) is 9.79. The first kappa shape index (κ1) is 19.4. The molecule has 1 atom stereocenters. The monoisotopic (exact) mass is 353 g/mol. The quantitative estimate of drug-likeness (QED) is 0.737. The lowest BCUT2D eigenvalue weighted by Gasteiger charge is -2.36. The van der Waals surface area contributed by atoms with Gasteiger partial charge >= 0.3 is 0 Å². The molecule has 0 bridgehead atoms. The molecule has 1 aromatic rings. The Bertz CT molecular complexity index is 569. The van der Waals surface area contributed by atoms with Crippen molar-refractivity contribution in [1.29, 1.82) is 0 Å². The van der Waals surface area contributed by atoms with Crippen LogP contribution in [0.5, 0.6) is 0 Å². The van der Waals surface area contributed by atoms with Gasteiger partial charge in [0.1, 0.15) is 0 Å². The molecule has 0 saturated carbocycles. The Balaban J connectivity index is 1.70. The Labute approximate surface area is 147 Å². The number of rotatable bonds is 9. The summed E-state index contributed by atoms with van der Waals surface area (Å²) in [5.74, 6) is 0.235. The van der Waals surface area contributed by atoms with E-state index in [2.05, 4.69) is 38.8 Å². The van der Waals surface area contributed by atoms with Crippen LogP contribution >= 0.6 is 0 Å². The highest BCUT2D eigenvalue weighted by atomic mass is 32.2. The Morgan fingerprint density at radius 1 is 1.08 bits per heavy atom. The lowest BCUT2D eigenvalue weighted by Crippen LogP contribution is -2.50. The number of benzene rings is 1. The molecule has 1 aromatic carbocycles. The van der Waals surface area contributed by atoms with Gasteiger partial charge in [-0.2, -0.15) is 0 Å². The van der Waals surface area contributed by atoms with Crippen molar-refractivity contribution in [2.45, 2.75) is 39.3 Å². The van der Waals surface area contributed by atoms with Gasteiger partial charge < -0.3 is 0 Å². The molecule has 1 heterocycles. The molecule has 24 heavy (non-hydrogen) atoms. The minimum Gasteiger partial charge on any atom is -0.299 e. The van der Waals surface area contributed by atoms with E-state index in [1.807, 2.05) is 19.9 Å². The van der Waals surface area contributed by atoms with Crippen LogP contribution in [0, 0.1) is 0 Å². The lowest BCUT2D eigenvalue weighted by atomic mass is 10.2. The van der Waals surface area contributed by atoms with Gasteiger partial charge in [-0.05, 0) is 18.9 Å². The van der Waals surface area contributed by atoms with Gasteiger partial charge in [0.25, 0.3) is 0 Å². The standard InChI is InChI=1S/C18H31N3O2S/c1-3-4-14-24(22,23)19-17(2)15-20-10-12-21(13-11-20)16-18-8-6-5-7-9-18/h5-9,17,19H,3-4,10-16H2,1-2H3/t17-/m0/s1. The van der Waals surface area contributed by atoms with Crippen LogP contribution in [-0.2, 0) is 16.6 Å². The molecule has 0 aromatic heterocycles. The van der Waals surface area contributed by atoms with Gasteiger partial charge in [-0.15, -0.1) is 0 Å². The molecule has 5 nitrogen and oxygen atoms in total. The van der Waals surface area contributed by atoms with Gasteiger partial charge in [0.05, 0.1) is 5.75 Å². The summed E-state index contributed by atoms with van der Waals surface area (Å²) in [7, 11) is -3.13. The molecule has 0 unspecified atom stereocenters. The number of piperazine rings is 1. The Morgan fingerprint density at radius 3 is 2.33 bits per heavy atom. The van der Waals surface area contributed by atoms with Crippen LogP contribution in [-0.4, -0.2) is 62.7 Å². The number of hydrogen-bond acceptors (Lipinski definition) is 4. The van der Waals surface area contributed by atoms with E-state index >= 15 is 0 Å². The SMILES string of the molecule is CCCCS(=O)(=O)N[C@@H](C)CN1CCN(Cc2ccccc2)CC1. The van der Waals surface area contributed by atoms with Crippen LogP contribution < -0.4 is 4.72 Å². The number of nitrogens with zero attached hydrogens (tertiary/aromatic N) is 2. The van der Waals surface area contributed by atoms with Crippen molar-refractivity contribution in [1.82, 2.24) is 14.5 Å². The average Bonchev–Trinajstić information content (AvgIpc) is 2.55. The van der Waals surface area contributed by atoms with E-state index in [0.29, 0.717) is 0 Å². The fraction of sp³-hybridized carbons (Fsp3) is 0.667. The second-order valence-corrected chi connectivity index (χ2v) is 8.63. The van der Waals surface area contributed by atoms with Gasteiger partial charge in [-0.1, -0.05) is 43.7 Å². The molecule has 1 fully saturated rings. The zero-order valence-corrected chi connectivity index (χ0v) is 15.8. The van der Waals surface area contributed by atoms with Gasteiger partial charge in [-0.25, -0.2) is 13.1 Å². The molecule has 0 aliphatic carbocycles. The maximum absolute atomic E-state index is 12.0. The Morgan fingerprint density at radius 2 is 1.71 bits per heavy atom. The zero-order chi connectivity index (χ0) is 17.4. The summed E-state index contributed by atoms with van der Waals surface area (Å²) in [5, 5.41) is 0. The van der Waals surface area contributed by atoms with Crippen LogP contribution in [0.2, 0.25) is 0 Å². The second-order valence-electron chi connectivity index (χ2n) is 6.75. The first-order valence-corrected chi connectivity index (χ1v) is 10.6. The summed E-state index contributed by atoms with van der Waals surface area (Å²) in [6.07, 6.45) is 1.62. The minimum absolute atomic E-state index is 0.0347. The van der Waals surface area contributed by atoms with Crippen LogP contribution in [0.25, 0.3) is 0 Å². The fourth-order valence-electron chi connectivity index (χ4n) is 3.10. The average molecular weight is 354 g/mol. The van der Waals surface area contributed by atoms with E-state index in [1.54, 1.807) is 0 Å². The van der Waals surface area contributed by atoms with Gasteiger partial charge in [0.15, 0.2) is 0 Å². The van der Waals surface area contributed by atoms with Crippen LogP contribution in [0.4, 0.5) is 0 Å². The topological polar surface area (TPSA) is 52.7 Å². The first-order chi connectivity index (χ1) is 11.5. The molecular weight excluding hydrogens is 322 g/mol. The van der Waals surface area contributed by atoms with Crippen LogP contribution in [0.15, 0.2) is 30.3 Å². The third kappa shape index (κ3) is 6.89. The number of unbranched alkanes of at least 4 members (excludes halogenated alkanes) is 1. The third-order valence-corrected chi connectivity index (χ3v) is 5.98. The van der Waals surface area contributed by atoms with Gasteiger partial charge in [-0.3, -0.25) is 9.80 Å². The molecule has 1 saturated heterocycles. The van der Waals surface area contributed by atoms with Gasteiger partial charge in [0.2, 0.25) is 10.0 Å². The smallest absolute Gasteiger partial charge is 0.211 e. The summed E-state index contributed by atoms with van der Waals surface area (Å²) < 4.78 is 26.7. The largest absolute Gasteiger partial charge is 0.299 e. The normalized spacial score (nSPS) is 18.6. The predicted molar refractivity (Wildman–Crippen MR) is 99.5 cm³/mol. The number of nitrogens with one attached hydrogen (secondary N) is 1. The predicted octanol–water partition coefficient (Wildman–Crippen LogP) is 1.91. The highest BCUT2D eigenvalue weighted by molar-refractivity contribution is 7.89. The van der Waals surface area contributed by atoms with Crippen molar-refractivity contribution in [2.75, 3.05) is 38.5 Å². The summed E-state index contributed by atoms with van der Waals surface area (Å²) >= 11 is 0. The molecule has 0 radical (unpaired) electrons. The van der Waals surface area contributed by atoms with Crippen molar-refractivity contribution < 1.29 is 8.42 Å². The van der Waals surface area contributed by atoms with E-state index in [1.165, 1.54) is 5.56 Å². The number of hydrogen-bond donors (Lipinski definition) is 1. The number of sulfonamides is 1. The first-order valence-electron chi connectivity index (χ1n) is 8.97. The highest BCUT2D eigenvalue weighted by Crippen LogP contribution is 2.09. The van der Waals surface area contributed by atoms with E-state index in [0.717, 1.165) is 52.1 Å². The van der Waals surface area contributed by atoms with Crippen LogP contribution in [0.3, 0.4) is 0 Å². The molecule has 1 aliphatic heterocycles. The highest BCUT2D eigenvalue weighted by Gasteiger charge is 2.20. The molecule has 2 rings (SSSR count). The molecule has 6 heteroatoms. The molecular formula is C18H31N3O2S. The third-order valence-electron chi connectivity index (χ3n) is 4.39. The molecule has 0 amide bonds. The maximum Gasteiger partial charge on any atom is 0.211 e. The van der Waals surface area contributed by atoms with Crippen molar-refractivity contribution in [2.24, 2.45) is 0 Å². The van der Waals surface area contributed by atoms with Crippen molar-refractivity contribution in [3.8, 4) is 0 Å². The van der Waals surface area contributed by atoms with Crippen molar-refractivity contribution >= 4 is 10.0 Å². The molecule has 136 valence electrons.